The summed E-state index contributed by atoms with van der Waals surface area (Å²) in [5.41, 5.74) is 2.55. The molecular weight excluding hydrogens is 272 g/mol. The Morgan fingerprint density at radius 3 is 2.48 bits per heavy atom. The minimum absolute atomic E-state index is 0.0246. The lowest BCUT2D eigenvalue weighted by Crippen LogP contribution is -2.30. The lowest BCUT2D eigenvalue weighted by Gasteiger charge is -2.16. The maximum Gasteiger partial charge on any atom is 0.265 e. The number of amides is 2. The molecule has 0 aliphatic carbocycles. The maximum atomic E-state index is 11.3. The van der Waals surface area contributed by atoms with Crippen molar-refractivity contribution in [1.29, 1.82) is 0 Å². The van der Waals surface area contributed by atoms with Crippen molar-refractivity contribution in [2.45, 2.75) is 6.42 Å². The van der Waals surface area contributed by atoms with Crippen LogP contribution in [0.15, 0.2) is 24.3 Å². The summed E-state index contributed by atoms with van der Waals surface area (Å²) >= 11 is 0. The van der Waals surface area contributed by atoms with Crippen molar-refractivity contribution < 1.29 is 14.3 Å². The molecule has 1 rings (SSSR count). The number of nitrogens with two attached hydrogens (primary N) is 1. The highest BCUT2D eigenvalue weighted by atomic mass is 16.5. The van der Waals surface area contributed by atoms with Gasteiger partial charge in [0.05, 0.1) is 0 Å². The van der Waals surface area contributed by atoms with Crippen LogP contribution in [0.1, 0.15) is 16.8 Å². The van der Waals surface area contributed by atoms with Crippen molar-refractivity contribution in [3.63, 3.8) is 0 Å². The van der Waals surface area contributed by atoms with Crippen molar-refractivity contribution >= 4 is 11.8 Å². The molecular formula is C14H22N4O3. The molecule has 0 aromatic heterocycles. The summed E-state index contributed by atoms with van der Waals surface area (Å²) in [6.07, 6.45) is 0.468. The molecule has 0 aliphatic heterocycles. The first-order valence-corrected chi connectivity index (χ1v) is 6.69. The van der Waals surface area contributed by atoms with Crippen molar-refractivity contribution in [3.05, 3.63) is 29.8 Å². The van der Waals surface area contributed by atoms with Gasteiger partial charge in [-0.15, -0.1) is 0 Å². The smallest absolute Gasteiger partial charge is 0.265 e. The van der Waals surface area contributed by atoms with E-state index in [1.54, 1.807) is 31.3 Å². The number of rotatable bonds is 8. The largest absolute Gasteiger partial charge is 0.492 e. The summed E-state index contributed by atoms with van der Waals surface area (Å²) in [4.78, 5) is 24.4. The Morgan fingerprint density at radius 1 is 1.24 bits per heavy atom. The van der Waals surface area contributed by atoms with Gasteiger partial charge in [-0.25, -0.2) is 5.84 Å². The van der Waals surface area contributed by atoms with Crippen LogP contribution in [0.5, 0.6) is 5.75 Å². The fourth-order valence-corrected chi connectivity index (χ4v) is 1.63. The van der Waals surface area contributed by atoms with E-state index in [2.05, 4.69) is 10.7 Å². The molecule has 1 aromatic rings. The molecule has 0 spiro atoms. The second-order valence-electron chi connectivity index (χ2n) is 4.57. The van der Waals surface area contributed by atoms with E-state index in [9.17, 15) is 9.59 Å². The second-order valence-corrected chi connectivity index (χ2v) is 4.57. The number of ether oxygens (including phenoxy) is 1. The van der Waals surface area contributed by atoms with Gasteiger partial charge in [0.25, 0.3) is 5.91 Å². The van der Waals surface area contributed by atoms with Gasteiger partial charge in [-0.1, -0.05) is 0 Å². The zero-order valence-corrected chi connectivity index (χ0v) is 12.4. The molecule has 0 saturated heterocycles. The fraction of sp³-hybridized carbons (Fsp3) is 0.429. The molecule has 0 bridgehead atoms. The summed E-state index contributed by atoms with van der Waals surface area (Å²) in [6, 6.07) is 6.73. The zero-order chi connectivity index (χ0) is 15.7. The number of nitrogens with one attached hydrogen (secondary N) is 2. The minimum atomic E-state index is -0.338. The molecule has 0 aliphatic rings. The topological polar surface area (TPSA) is 96.7 Å². The molecule has 21 heavy (non-hydrogen) atoms. The third kappa shape index (κ3) is 6.24. The van der Waals surface area contributed by atoms with Gasteiger partial charge in [0.2, 0.25) is 5.91 Å². The molecule has 0 radical (unpaired) electrons. The van der Waals surface area contributed by atoms with Gasteiger partial charge in [0.15, 0.2) is 0 Å². The number of hydrazine groups is 1. The van der Waals surface area contributed by atoms with E-state index in [1.807, 2.05) is 11.9 Å². The molecule has 2 amide bonds. The fourth-order valence-electron chi connectivity index (χ4n) is 1.63. The lowest BCUT2D eigenvalue weighted by molar-refractivity contribution is -0.120. The van der Waals surface area contributed by atoms with Gasteiger partial charge >= 0.3 is 0 Å². The Bertz CT molecular complexity index is 462. The number of hydrogen-bond acceptors (Lipinski definition) is 5. The predicted molar refractivity (Wildman–Crippen MR) is 79.8 cm³/mol. The summed E-state index contributed by atoms with van der Waals surface area (Å²) in [5.74, 6) is 5.42. The highest BCUT2D eigenvalue weighted by Gasteiger charge is 2.05. The van der Waals surface area contributed by atoms with Gasteiger partial charge in [-0.2, -0.15) is 0 Å². The molecule has 0 atom stereocenters. The number of benzene rings is 1. The van der Waals surface area contributed by atoms with Crippen LogP contribution in [0.4, 0.5) is 0 Å². The van der Waals surface area contributed by atoms with Crippen LogP contribution in [-0.2, 0) is 4.79 Å². The SMILES string of the molecule is CNC(=O)CCN(C)CCOc1ccc(C(=O)NN)cc1. The zero-order valence-electron chi connectivity index (χ0n) is 12.4. The van der Waals surface area contributed by atoms with Crippen LogP contribution < -0.4 is 21.3 Å². The molecule has 0 fully saturated rings. The Morgan fingerprint density at radius 2 is 1.90 bits per heavy atom. The van der Waals surface area contributed by atoms with E-state index in [1.165, 1.54) is 0 Å². The molecule has 0 saturated carbocycles. The van der Waals surface area contributed by atoms with E-state index < -0.39 is 0 Å². The lowest BCUT2D eigenvalue weighted by atomic mass is 10.2. The number of carbonyl (C=O) groups is 2. The van der Waals surface area contributed by atoms with Gasteiger partial charge < -0.3 is 15.0 Å². The van der Waals surface area contributed by atoms with Crippen molar-refractivity contribution in [2.24, 2.45) is 5.84 Å². The van der Waals surface area contributed by atoms with Crippen molar-refractivity contribution in [1.82, 2.24) is 15.6 Å². The number of nitrogen functional groups attached to an aromatic ring is 1. The number of nitrogens with zero attached hydrogens (tertiary/aromatic N) is 1. The Labute approximate surface area is 124 Å². The van der Waals surface area contributed by atoms with E-state index in [0.29, 0.717) is 37.4 Å². The van der Waals surface area contributed by atoms with Gasteiger partial charge in [0.1, 0.15) is 12.4 Å². The van der Waals surface area contributed by atoms with Crippen LogP contribution >= 0.6 is 0 Å². The highest BCUT2D eigenvalue weighted by molar-refractivity contribution is 5.93. The molecule has 7 nitrogen and oxygen atoms in total. The van der Waals surface area contributed by atoms with Crippen molar-refractivity contribution in [3.8, 4) is 5.75 Å². The summed E-state index contributed by atoms with van der Waals surface area (Å²) in [5, 5.41) is 2.58. The van der Waals surface area contributed by atoms with Crippen LogP contribution in [-0.4, -0.2) is 50.5 Å². The van der Waals surface area contributed by atoms with Crippen LogP contribution in [0, 0.1) is 0 Å². The molecule has 0 unspecified atom stereocenters. The third-order valence-corrected chi connectivity index (χ3v) is 2.99. The van der Waals surface area contributed by atoms with Crippen LogP contribution in [0.25, 0.3) is 0 Å². The highest BCUT2D eigenvalue weighted by Crippen LogP contribution is 2.11. The van der Waals surface area contributed by atoms with Crippen molar-refractivity contribution in [2.75, 3.05) is 33.8 Å². The average Bonchev–Trinajstić information content (AvgIpc) is 2.52. The number of carbonyl (C=O) groups excluding carboxylic acids is 2. The van der Waals surface area contributed by atoms with E-state index in [4.69, 9.17) is 10.6 Å². The standard InChI is InChI=1S/C14H22N4O3/c1-16-13(19)7-8-18(2)9-10-21-12-5-3-11(4-6-12)14(20)17-15/h3-6H,7-10,15H2,1-2H3,(H,16,19)(H,17,20). The van der Waals surface area contributed by atoms with Gasteiger partial charge in [0, 0.05) is 32.1 Å². The number of hydrogen-bond donors (Lipinski definition) is 3. The summed E-state index contributed by atoms with van der Waals surface area (Å²) in [7, 11) is 3.56. The molecule has 4 N–H and O–H groups in total. The van der Waals surface area contributed by atoms with Crippen LogP contribution in [0.2, 0.25) is 0 Å². The molecule has 7 heteroatoms. The molecule has 0 heterocycles. The quantitative estimate of drug-likeness (QED) is 0.349. The molecule has 116 valence electrons. The number of likely N-dealkylation sites (N-methyl/N-ethyl adjacent to an activating group) is 1. The first-order valence-electron chi connectivity index (χ1n) is 6.69. The van der Waals surface area contributed by atoms with Gasteiger partial charge in [-0.05, 0) is 31.3 Å². The maximum absolute atomic E-state index is 11.3. The predicted octanol–water partition coefficient (Wildman–Crippen LogP) is -0.263. The average molecular weight is 294 g/mol. The Hall–Kier alpha value is -2.12. The van der Waals surface area contributed by atoms with E-state index in [0.717, 1.165) is 0 Å². The minimum Gasteiger partial charge on any atom is -0.492 e. The molecule has 1 aromatic carbocycles. The summed E-state index contributed by atoms with van der Waals surface area (Å²) in [6.45, 7) is 1.90. The van der Waals surface area contributed by atoms with E-state index >= 15 is 0 Å². The summed E-state index contributed by atoms with van der Waals surface area (Å²) < 4.78 is 5.57. The van der Waals surface area contributed by atoms with Gasteiger partial charge in [-0.3, -0.25) is 15.0 Å². The first-order chi connectivity index (χ1) is 10.1. The third-order valence-electron chi connectivity index (χ3n) is 2.99. The monoisotopic (exact) mass is 294 g/mol. The normalized spacial score (nSPS) is 10.3. The first kappa shape index (κ1) is 16.9. The Balaban J connectivity index is 2.29. The second kappa shape index (κ2) is 8.93. The van der Waals surface area contributed by atoms with Crippen LogP contribution in [0.3, 0.4) is 0 Å². The van der Waals surface area contributed by atoms with E-state index in [-0.39, 0.29) is 11.8 Å². The Kier molecular flexibility index (Phi) is 7.20.